The van der Waals surface area contributed by atoms with Crippen LogP contribution in [-0.2, 0) is 16.6 Å². The molecule has 0 radical (unpaired) electrons. The number of methoxy groups -OCH3 is 2. The van der Waals surface area contributed by atoms with E-state index in [0.29, 0.717) is 77.8 Å². The molecular formula is C62H87N15O6Si. The van der Waals surface area contributed by atoms with Crippen molar-refractivity contribution < 1.29 is 28.6 Å². The molecule has 0 spiro atoms. The van der Waals surface area contributed by atoms with Gasteiger partial charge in [-0.15, -0.1) is 0 Å². The highest BCUT2D eigenvalue weighted by atomic mass is 28.3. The van der Waals surface area contributed by atoms with Gasteiger partial charge in [0.25, 0.3) is 5.91 Å². The summed E-state index contributed by atoms with van der Waals surface area (Å²) in [6.45, 7) is 18.2. The molecule has 450 valence electrons. The number of rotatable bonds is 26. The van der Waals surface area contributed by atoms with E-state index >= 15 is 0 Å². The summed E-state index contributed by atoms with van der Waals surface area (Å²) >= 11 is 0. The fraction of sp³-hybridized carbons (Fsp3) is 0.500. The Kier molecular flexibility index (Phi) is 20.3. The third-order valence-corrected chi connectivity index (χ3v) is 18.2. The second-order valence-electron chi connectivity index (χ2n) is 23.7. The molecule has 1 unspecified atom stereocenters. The largest absolute Gasteiger partial charge is 0.495 e. The summed E-state index contributed by atoms with van der Waals surface area (Å²) in [5, 5.41) is 13.9. The summed E-state index contributed by atoms with van der Waals surface area (Å²) in [5.74, 6) is 2.56. The Balaban J connectivity index is 0.715. The first kappa shape index (κ1) is 61.0. The van der Waals surface area contributed by atoms with Gasteiger partial charge in [-0.05, 0) is 101 Å². The SMILES string of the molecule is CCC1C(=O)N(C)c2cnc(Nc3ccc(C(=O)NCCCN4CCN(CCCN(C)CCN(C)c5cc(OC)c(Nc6nccc(-c7cn(C)c8ccccc78)n6)cc5NC(=O)OCC[Si](C)(C)C)CC4)cc3OC)nc2N1C1CCCC1. The highest BCUT2D eigenvalue weighted by molar-refractivity contribution is 6.76. The van der Waals surface area contributed by atoms with E-state index in [2.05, 4.69) is 112 Å². The van der Waals surface area contributed by atoms with Gasteiger partial charge in [-0.3, -0.25) is 14.9 Å². The quantitative estimate of drug-likeness (QED) is 0.0295. The van der Waals surface area contributed by atoms with Crippen LogP contribution < -0.4 is 45.4 Å². The van der Waals surface area contributed by atoms with E-state index in [9.17, 15) is 14.4 Å². The molecule has 1 aliphatic carbocycles. The van der Waals surface area contributed by atoms with Crippen molar-refractivity contribution in [2.24, 2.45) is 7.05 Å². The third kappa shape index (κ3) is 15.0. The normalized spacial score (nSPS) is 16.0. The number of amides is 3. The third-order valence-electron chi connectivity index (χ3n) is 16.5. The van der Waals surface area contributed by atoms with E-state index in [-0.39, 0.29) is 23.9 Å². The van der Waals surface area contributed by atoms with Crippen molar-refractivity contribution in [3.05, 3.63) is 84.8 Å². The summed E-state index contributed by atoms with van der Waals surface area (Å²) in [7, 11) is 9.81. The van der Waals surface area contributed by atoms with Crippen molar-refractivity contribution in [3.63, 3.8) is 0 Å². The number of nitrogens with one attached hydrogen (secondary N) is 4. The van der Waals surface area contributed by atoms with Crippen molar-refractivity contribution in [2.75, 3.05) is 138 Å². The Hall–Kier alpha value is -7.53. The average Bonchev–Trinajstić information content (AvgIpc) is 3.37. The summed E-state index contributed by atoms with van der Waals surface area (Å²) < 4.78 is 19.5. The molecule has 3 aromatic carbocycles. The maximum Gasteiger partial charge on any atom is 0.411 e. The van der Waals surface area contributed by atoms with Gasteiger partial charge in [-0.1, -0.05) is 57.6 Å². The summed E-state index contributed by atoms with van der Waals surface area (Å²) in [6.07, 6.45) is 12.0. The molecular weight excluding hydrogens is 1080 g/mol. The monoisotopic (exact) mass is 1170 g/mol. The second-order valence-corrected chi connectivity index (χ2v) is 29.3. The molecule has 1 saturated carbocycles. The number of aryl methyl sites for hydroxylation is 1. The molecule has 84 heavy (non-hydrogen) atoms. The van der Waals surface area contributed by atoms with Crippen LogP contribution in [0.5, 0.6) is 11.5 Å². The zero-order valence-corrected chi connectivity index (χ0v) is 52.0. The number of carbonyl (C=O) groups excluding carboxylic acids is 3. The van der Waals surface area contributed by atoms with Crippen LogP contribution in [0.4, 0.5) is 50.9 Å². The molecule has 9 rings (SSSR count). The molecule has 6 aromatic rings. The Labute approximate surface area is 496 Å². The standard InChI is InChI=1S/C62H87N15O6Si/c1-11-51-59(79)74(5)54-41-65-61(70-57(54)77(51)44-18-12-13-19-44)67-48-23-22-43(38-55(48)81-6)58(78)63-25-16-28-75-32-34-76(35-33-75)29-17-27-71(2)30-31-72(3)53-40-56(82-7)50(39-49(53)69-62(80)83-36-37-84(8,9)10)68-60-64-26-24-47(66-60)46-42-73(4)52-21-15-14-20-45(46)52/h14-15,20-24,26,38-42,44,51H,11-13,16-19,25,27-37H2,1-10H3,(H,63,78)(H,69,80)(H,64,66,68)(H,65,67,70). The van der Waals surface area contributed by atoms with Crippen LogP contribution in [0, 0.1) is 0 Å². The van der Waals surface area contributed by atoms with Crippen LogP contribution in [-0.4, -0.2) is 185 Å². The lowest BCUT2D eigenvalue weighted by atomic mass is 10.0. The molecule has 5 heterocycles. The number of likely N-dealkylation sites (N-methyl/N-ethyl adjacent to an activating group) is 3. The van der Waals surface area contributed by atoms with E-state index < -0.39 is 14.2 Å². The lowest BCUT2D eigenvalue weighted by molar-refractivity contribution is -0.120. The Bertz CT molecular complexity index is 3230. The number of para-hydroxylation sites is 1. The number of nitrogens with zero attached hydrogens (tertiary/aromatic N) is 11. The minimum Gasteiger partial charge on any atom is -0.495 e. The average molecular weight is 1170 g/mol. The molecule has 4 N–H and O–H groups in total. The van der Waals surface area contributed by atoms with Crippen LogP contribution in [0.25, 0.3) is 22.2 Å². The zero-order valence-electron chi connectivity index (χ0n) is 51.0. The van der Waals surface area contributed by atoms with E-state index in [1.165, 1.54) is 0 Å². The first-order chi connectivity index (χ1) is 40.5. The number of carbonyl (C=O) groups is 3. The van der Waals surface area contributed by atoms with Crippen molar-refractivity contribution in [1.29, 1.82) is 0 Å². The number of fused-ring (bicyclic) bond motifs is 2. The fourth-order valence-corrected chi connectivity index (χ4v) is 12.3. The van der Waals surface area contributed by atoms with Crippen LogP contribution >= 0.6 is 0 Å². The number of benzene rings is 3. The molecule has 3 aliphatic rings. The highest BCUT2D eigenvalue weighted by Gasteiger charge is 2.41. The van der Waals surface area contributed by atoms with Crippen LogP contribution in [0.1, 0.15) is 62.2 Å². The summed E-state index contributed by atoms with van der Waals surface area (Å²) in [6, 6.07) is 20.2. The number of hydrogen-bond donors (Lipinski definition) is 4. The van der Waals surface area contributed by atoms with E-state index in [0.717, 1.165) is 131 Å². The predicted octanol–water partition coefficient (Wildman–Crippen LogP) is 9.52. The molecule has 0 bridgehead atoms. The maximum absolute atomic E-state index is 13.4. The zero-order chi connectivity index (χ0) is 59.5. The molecule has 21 nitrogen and oxygen atoms in total. The Morgan fingerprint density at radius 2 is 1.50 bits per heavy atom. The van der Waals surface area contributed by atoms with Crippen molar-refractivity contribution in [2.45, 2.75) is 89.6 Å². The minimum absolute atomic E-state index is 0.0734. The van der Waals surface area contributed by atoms with Crippen LogP contribution in [0.15, 0.2) is 79.3 Å². The minimum atomic E-state index is -1.42. The first-order valence-corrected chi connectivity index (χ1v) is 33.5. The number of hydrogen-bond acceptors (Lipinski definition) is 17. The number of ether oxygens (including phenoxy) is 3. The van der Waals surface area contributed by atoms with Crippen LogP contribution in [0.3, 0.4) is 0 Å². The topological polar surface area (TPSA) is 203 Å². The van der Waals surface area contributed by atoms with E-state index in [1.807, 2.05) is 50.5 Å². The van der Waals surface area contributed by atoms with E-state index in [1.54, 1.807) is 50.7 Å². The van der Waals surface area contributed by atoms with Crippen molar-refractivity contribution in [3.8, 4) is 22.8 Å². The number of piperazine rings is 1. The molecule has 2 fully saturated rings. The lowest BCUT2D eigenvalue weighted by Gasteiger charge is -2.43. The van der Waals surface area contributed by atoms with Gasteiger partial charge >= 0.3 is 6.09 Å². The highest BCUT2D eigenvalue weighted by Crippen LogP contribution is 2.42. The molecule has 22 heteroatoms. The van der Waals surface area contributed by atoms with Gasteiger partial charge in [0.15, 0.2) is 5.82 Å². The fourth-order valence-electron chi connectivity index (χ4n) is 11.5. The van der Waals surface area contributed by atoms with Crippen molar-refractivity contribution >= 4 is 83.0 Å². The number of anilines is 8. The van der Waals surface area contributed by atoms with E-state index in [4.69, 9.17) is 24.2 Å². The first-order valence-electron chi connectivity index (χ1n) is 29.8. The van der Waals surface area contributed by atoms with Crippen LogP contribution in [0.2, 0.25) is 25.7 Å². The molecule has 1 saturated heterocycles. The van der Waals surface area contributed by atoms with Gasteiger partial charge in [0.1, 0.15) is 23.2 Å². The van der Waals surface area contributed by atoms with Crippen molar-refractivity contribution in [1.82, 2.24) is 44.5 Å². The van der Waals surface area contributed by atoms with Gasteiger partial charge in [0.2, 0.25) is 17.8 Å². The second kappa shape index (κ2) is 27.9. The summed E-state index contributed by atoms with van der Waals surface area (Å²) in [5.41, 5.74) is 6.73. The van der Waals surface area contributed by atoms with Gasteiger partial charge in [-0.25, -0.2) is 19.7 Å². The molecule has 2 aliphatic heterocycles. The maximum atomic E-state index is 13.4. The van der Waals surface area contributed by atoms with Gasteiger partial charge in [-0.2, -0.15) is 4.98 Å². The van der Waals surface area contributed by atoms with Gasteiger partial charge in [0.05, 0.1) is 55.5 Å². The molecule has 3 aromatic heterocycles. The molecule has 1 atom stereocenters. The number of aromatic nitrogens is 5. The molecule has 3 amide bonds. The Morgan fingerprint density at radius 1 is 0.798 bits per heavy atom. The lowest BCUT2D eigenvalue weighted by Crippen LogP contribution is -2.55. The van der Waals surface area contributed by atoms with Gasteiger partial charge < -0.3 is 64.1 Å². The smallest absolute Gasteiger partial charge is 0.411 e. The summed E-state index contributed by atoms with van der Waals surface area (Å²) in [4.78, 5) is 72.5. The van der Waals surface area contributed by atoms with Gasteiger partial charge in [0, 0.05) is 122 Å². The Morgan fingerprint density at radius 3 is 2.23 bits per heavy atom. The predicted molar refractivity (Wildman–Crippen MR) is 339 cm³/mol.